The van der Waals surface area contributed by atoms with Crippen molar-refractivity contribution in [3.8, 4) is 51.3 Å². The molecule has 2 heterocycles. The Morgan fingerprint density at radius 2 is 1.37 bits per heavy atom. The molecule has 0 saturated carbocycles. The molecule has 4 heteroatoms. The quantitative estimate of drug-likeness (QED) is 0.272. The van der Waals surface area contributed by atoms with Crippen LogP contribution in [0.4, 0.5) is 0 Å². The number of rotatable bonds is 2. The van der Waals surface area contributed by atoms with Gasteiger partial charge in [-0.15, -0.1) is 0 Å². The van der Waals surface area contributed by atoms with Gasteiger partial charge in [-0.1, -0.05) is 91.0 Å². The molecule has 7 rings (SSSR count). The molecule has 0 saturated heterocycles. The first-order valence-electron chi connectivity index (χ1n) is 11.4. The molecule has 0 spiro atoms. The molecule has 6 aromatic rings. The van der Waals surface area contributed by atoms with Gasteiger partial charge in [0.15, 0.2) is 5.82 Å². The fourth-order valence-electron chi connectivity index (χ4n) is 4.90. The summed E-state index contributed by atoms with van der Waals surface area (Å²) in [7, 11) is 0. The first kappa shape index (κ1) is 19.5. The number of nitrogens with zero attached hydrogens (tertiary/aromatic N) is 3. The van der Waals surface area contributed by atoms with E-state index in [9.17, 15) is 5.26 Å². The number of fused-ring (bicyclic) bond motifs is 4. The Kier molecular flexibility index (Phi) is 4.18. The Labute approximate surface area is 201 Å². The van der Waals surface area contributed by atoms with Gasteiger partial charge in [-0.3, -0.25) is 0 Å². The standard InChI is InChI=1S/C31H17N3O/c32-18-26-24(19-9-3-1-4-10-19)17-25-23-16-15-20-11-7-8-14-22(20)29(23)35-31-27(25)28(26)33-30(34-31)21-12-5-2-6-13-21/h1-17H. The summed E-state index contributed by atoms with van der Waals surface area (Å²) in [6, 6.07) is 36.7. The Bertz CT molecular complexity index is 1820. The van der Waals surface area contributed by atoms with Crippen molar-refractivity contribution < 1.29 is 4.74 Å². The lowest BCUT2D eigenvalue weighted by Crippen LogP contribution is -2.05. The number of hydrogen-bond donors (Lipinski definition) is 0. The first-order chi connectivity index (χ1) is 17.3. The highest BCUT2D eigenvalue weighted by Gasteiger charge is 2.28. The maximum Gasteiger partial charge on any atom is 0.231 e. The maximum absolute atomic E-state index is 10.3. The third-order valence-electron chi connectivity index (χ3n) is 6.54. The van der Waals surface area contributed by atoms with E-state index in [2.05, 4.69) is 36.4 Å². The van der Waals surface area contributed by atoms with Crippen LogP contribution in [-0.2, 0) is 0 Å². The van der Waals surface area contributed by atoms with Crippen molar-refractivity contribution in [3.05, 3.63) is 109 Å². The predicted octanol–water partition coefficient (Wildman–Crippen LogP) is 7.76. The van der Waals surface area contributed by atoms with Crippen LogP contribution in [0.2, 0.25) is 0 Å². The Balaban J connectivity index is 1.64. The van der Waals surface area contributed by atoms with Crippen LogP contribution < -0.4 is 4.74 Å². The Morgan fingerprint density at radius 3 is 2.14 bits per heavy atom. The van der Waals surface area contributed by atoms with E-state index in [1.54, 1.807) is 0 Å². The zero-order chi connectivity index (χ0) is 23.4. The van der Waals surface area contributed by atoms with E-state index in [0.29, 0.717) is 22.8 Å². The SMILES string of the molecule is N#Cc1c(-c2ccccc2)cc2c3c(nc(-c4ccccc4)nc13)Oc1c-2ccc2ccccc12. The van der Waals surface area contributed by atoms with Crippen LogP contribution in [0, 0.1) is 11.3 Å². The van der Waals surface area contributed by atoms with Crippen molar-refractivity contribution in [3.63, 3.8) is 0 Å². The van der Waals surface area contributed by atoms with Crippen LogP contribution in [0.3, 0.4) is 0 Å². The summed E-state index contributed by atoms with van der Waals surface area (Å²) in [6.45, 7) is 0. The molecule has 162 valence electrons. The molecular weight excluding hydrogens is 430 g/mol. The van der Waals surface area contributed by atoms with E-state index in [0.717, 1.165) is 49.7 Å². The average Bonchev–Trinajstić information content (AvgIpc) is 2.93. The maximum atomic E-state index is 10.3. The summed E-state index contributed by atoms with van der Waals surface area (Å²) in [5.41, 5.74) is 5.75. The molecule has 35 heavy (non-hydrogen) atoms. The normalized spacial score (nSPS) is 11.6. The van der Waals surface area contributed by atoms with Crippen molar-refractivity contribution in [1.82, 2.24) is 9.97 Å². The van der Waals surface area contributed by atoms with E-state index in [-0.39, 0.29) is 0 Å². The molecule has 4 nitrogen and oxygen atoms in total. The summed E-state index contributed by atoms with van der Waals surface area (Å²) in [5, 5.41) is 13.2. The van der Waals surface area contributed by atoms with Crippen molar-refractivity contribution in [2.75, 3.05) is 0 Å². The molecule has 0 radical (unpaired) electrons. The minimum Gasteiger partial charge on any atom is -0.437 e. The van der Waals surface area contributed by atoms with Crippen LogP contribution in [0.15, 0.2) is 103 Å². The van der Waals surface area contributed by atoms with Gasteiger partial charge in [0, 0.05) is 27.6 Å². The van der Waals surface area contributed by atoms with Gasteiger partial charge < -0.3 is 4.74 Å². The molecule has 0 bridgehead atoms. The lowest BCUT2D eigenvalue weighted by atomic mass is 9.89. The Hall–Kier alpha value is -5.01. The van der Waals surface area contributed by atoms with Crippen molar-refractivity contribution in [1.29, 1.82) is 5.26 Å². The second kappa shape index (κ2) is 7.51. The molecule has 0 N–H and O–H groups in total. The van der Waals surface area contributed by atoms with Crippen molar-refractivity contribution in [2.24, 2.45) is 0 Å². The summed E-state index contributed by atoms with van der Waals surface area (Å²) >= 11 is 0. The Morgan fingerprint density at radius 1 is 0.657 bits per heavy atom. The van der Waals surface area contributed by atoms with E-state index in [4.69, 9.17) is 14.7 Å². The fraction of sp³-hybridized carbons (Fsp3) is 0. The van der Waals surface area contributed by atoms with Gasteiger partial charge in [-0.25, -0.2) is 4.98 Å². The van der Waals surface area contributed by atoms with E-state index in [1.807, 2.05) is 72.8 Å². The van der Waals surface area contributed by atoms with E-state index < -0.39 is 0 Å². The van der Waals surface area contributed by atoms with Crippen LogP contribution in [0.25, 0.3) is 55.3 Å². The fourth-order valence-corrected chi connectivity index (χ4v) is 4.90. The number of hydrogen-bond acceptors (Lipinski definition) is 4. The van der Waals surface area contributed by atoms with Crippen molar-refractivity contribution >= 4 is 21.7 Å². The van der Waals surface area contributed by atoms with Crippen LogP contribution >= 0.6 is 0 Å². The van der Waals surface area contributed by atoms with Gasteiger partial charge in [-0.05, 0) is 23.1 Å². The monoisotopic (exact) mass is 447 g/mol. The van der Waals surface area contributed by atoms with Gasteiger partial charge in [-0.2, -0.15) is 10.2 Å². The largest absolute Gasteiger partial charge is 0.437 e. The highest BCUT2D eigenvalue weighted by atomic mass is 16.5. The van der Waals surface area contributed by atoms with Gasteiger partial charge >= 0.3 is 0 Å². The van der Waals surface area contributed by atoms with Gasteiger partial charge in [0.2, 0.25) is 5.88 Å². The lowest BCUT2D eigenvalue weighted by molar-refractivity contribution is 0.473. The molecule has 0 atom stereocenters. The molecular formula is C31H17N3O. The lowest BCUT2D eigenvalue weighted by Gasteiger charge is -2.24. The number of benzene rings is 5. The third kappa shape index (κ3) is 2.92. The highest BCUT2D eigenvalue weighted by Crippen LogP contribution is 2.50. The minimum atomic E-state index is 0.476. The molecule has 0 fully saturated rings. The summed E-state index contributed by atoms with van der Waals surface area (Å²) in [6.07, 6.45) is 0. The van der Waals surface area contributed by atoms with Gasteiger partial charge in [0.05, 0.1) is 16.5 Å². The number of aromatic nitrogens is 2. The molecule has 1 aromatic heterocycles. The average molecular weight is 447 g/mol. The second-order valence-electron chi connectivity index (χ2n) is 8.53. The molecule has 1 aliphatic heterocycles. The first-order valence-corrected chi connectivity index (χ1v) is 11.4. The minimum absolute atomic E-state index is 0.476. The smallest absolute Gasteiger partial charge is 0.231 e. The number of ether oxygens (including phenoxy) is 1. The summed E-state index contributed by atoms with van der Waals surface area (Å²) in [4.78, 5) is 9.77. The van der Waals surface area contributed by atoms with Crippen LogP contribution in [-0.4, -0.2) is 9.97 Å². The van der Waals surface area contributed by atoms with Gasteiger partial charge in [0.1, 0.15) is 11.8 Å². The van der Waals surface area contributed by atoms with E-state index in [1.165, 1.54) is 0 Å². The van der Waals surface area contributed by atoms with Crippen LogP contribution in [0.1, 0.15) is 5.56 Å². The molecule has 5 aromatic carbocycles. The zero-order valence-electron chi connectivity index (χ0n) is 18.6. The van der Waals surface area contributed by atoms with Crippen LogP contribution in [0.5, 0.6) is 11.6 Å². The predicted molar refractivity (Wildman–Crippen MR) is 138 cm³/mol. The zero-order valence-corrected chi connectivity index (χ0v) is 18.6. The highest BCUT2D eigenvalue weighted by molar-refractivity contribution is 6.10. The molecule has 0 aliphatic carbocycles. The molecule has 1 aliphatic rings. The van der Waals surface area contributed by atoms with Crippen molar-refractivity contribution in [2.45, 2.75) is 0 Å². The molecule has 0 amide bonds. The topological polar surface area (TPSA) is 58.8 Å². The summed E-state index contributed by atoms with van der Waals surface area (Å²) in [5.74, 6) is 1.78. The summed E-state index contributed by atoms with van der Waals surface area (Å²) < 4.78 is 6.51. The third-order valence-corrected chi connectivity index (χ3v) is 6.54. The van der Waals surface area contributed by atoms with Gasteiger partial charge in [0.25, 0.3) is 0 Å². The van der Waals surface area contributed by atoms with E-state index >= 15 is 0 Å². The number of nitriles is 1. The second-order valence-corrected chi connectivity index (χ2v) is 8.53. The molecule has 0 unspecified atom stereocenters.